The van der Waals surface area contributed by atoms with Crippen molar-refractivity contribution in [2.24, 2.45) is 0 Å². The van der Waals surface area contributed by atoms with Crippen LogP contribution in [-0.4, -0.2) is 57.5 Å². The van der Waals surface area contributed by atoms with Gasteiger partial charge in [0, 0.05) is 36.3 Å². The lowest BCUT2D eigenvalue weighted by atomic mass is 10.2. The van der Waals surface area contributed by atoms with Gasteiger partial charge in [-0.15, -0.1) is 0 Å². The number of amides is 3. The number of nitrogens with one attached hydrogen (secondary N) is 1. The number of fused-ring (bicyclic) bond motifs is 1. The summed E-state index contributed by atoms with van der Waals surface area (Å²) in [5, 5.41) is 3.31. The van der Waals surface area contributed by atoms with Gasteiger partial charge in [0.15, 0.2) is 0 Å². The number of urea groups is 1. The second kappa shape index (κ2) is 8.66. The average molecular weight is 470 g/mol. The first-order chi connectivity index (χ1) is 14.5. The predicted octanol–water partition coefficient (Wildman–Crippen LogP) is 2.54. The van der Waals surface area contributed by atoms with Crippen molar-refractivity contribution in [3.8, 4) is 0 Å². The normalized spacial score (nSPS) is 14.0. The van der Waals surface area contributed by atoms with Gasteiger partial charge in [-0.25, -0.2) is 9.78 Å². The van der Waals surface area contributed by atoms with Gasteiger partial charge < -0.3 is 15.1 Å². The van der Waals surface area contributed by atoms with Crippen molar-refractivity contribution in [2.45, 2.75) is 6.54 Å². The van der Waals surface area contributed by atoms with Gasteiger partial charge in [-0.05, 0) is 30.3 Å². The number of para-hydroxylation sites is 1. The van der Waals surface area contributed by atoms with Crippen LogP contribution in [0.4, 0.5) is 10.5 Å². The molecule has 2 aromatic carbocycles. The molecule has 30 heavy (non-hydrogen) atoms. The molecule has 0 aliphatic carbocycles. The Morgan fingerprint density at radius 1 is 1.00 bits per heavy atom. The summed E-state index contributed by atoms with van der Waals surface area (Å²) in [5.74, 6) is -0.170. The lowest BCUT2D eigenvalue weighted by Gasteiger charge is -2.34. The van der Waals surface area contributed by atoms with Crippen LogP contribution in [0.3, 0.4) is 0 Å². The number of piperazine rings is 1. The van der Waals surface area contributed by atoms with E-state index in [1.165, 1.54) is 10.9 Å². The third-order valence-corrected chi connectivity index (χ3v) is 5.53. The number of carbonyl (C=O) groups is 2. The molecule has 4 rings (SSSR count). The van der Waals surface area contributed by atoms with Crippen LogP contribution in [-0.2, 0) is 11.3 Å². The quantitative estimate of drug-likeness (QED) is 0.638. The van der Waals surface area contributed by atoms with Crippen molar-refractivity contribution in [1.82, 2.24) is 19.4 Å². The van der Waals surface area contributed by atoms with Gasteiger partial charge in [0.05, 0.1) is 17.2 Å². The third kappa shape index (κ3) is 4.35. The van der Waals surface area contributed by atoms with Crippen LogP contribution < -0.4 is 10.9 Å². The van der Waals surface area contributed by atoms with E-state index in [1.807, 2.05) is 36.4 Å². The largest absolute Gasteiger partial charge is 0.338 e. The summed E-state index contributed by atoms with van der Waals surface area (Å²) in [5.41, 5.74) is 1.07. The Balaban J connectivity index is 1.37. The molecule has 1 saturated heterocycles. The van der Waals surface area contributed by atoms with E-state index < -0.39 is 0 Å². The number of carbonyl (C=O) groups excluding carboxylic acids is 2. The number of hydrogen-bond donors (Lipinski definition) is 1. The van der Waals surface area contributed by atoms with Crippen molar-refractivity contribution >= 4 is 44.5 Å². The number of benzene rings is 2. The Hall–Kier alpha value is -3.20. The summed E-state index contributed by atoms with van der Waals surface area (Å²) < 4.78 is 2.11. The predicted molar refractivity (Wildman–Crippen MR) is 117 cm³/mol. The first-order valence-electron chi connectivity index (χ1n) is 9.55. The van der Waals surface area contributed by atoms with Gasteiger partial charge in [-0.3, -0.25) is 14.2 Å². The first-order valence-corrected chi connectivity index (χ1v) is 10.3. The van der Waals surface area contributed by atoms with Gasteiger partial charge in [0.25, 0.3) is 5.56 Å². The van der Waals surface area contributed by atoms with Crippen LogP contribution in [0.15, 0.2) is 64.1 Å². The van der Waals surface area contributed by atoms with Crippen molar-refractivity contribution in [3.63, 3.8) is 0 Å². The topological polar surface area (TPSA) is 87.5 Å². The molecular weight excluding hydrogens is 450 g/mol. The summed E-state index contributed by atoms with van der Waals surface area (Å²) in [6, 6.07) is 14.3. The fraction of sp³-hybridized carbons (Fsp3) is 0.238. The highest BCUT2D eigenvalue weighted by molar-refractivity contribution is 9.10. The molecular formula is C21H20BrN5O3. The maximum atomic E-state index is 12.7. The molecule has 8 nitrogen and oxygen atoms in total. The molecule has 1 aliphatic heterocycles. The molecule has 0 radical (unpaired) electrons. The van der Waals surface area contributed by atoms with Crippen LogP contribution in [0.2, 0.25) is 0 Å². The van der Waals surface area contributed by atoms with Crippen LogP contribution in [0, 0.1) is 0 Å². The fourth-order valence-corrected chi connectivity index (χ4v) is 3.73. The number of aromatic nitrogens is 2. The monoisotopic (exact) mass is 469 g/mol. The SMILES string of the molecule is O=C(Cn1cnc2ccc(Br)cc2c1=O)N1CCN(C(=O)Nc2ccccc2)CC1. The Labute approximate surface area is 181 Å². The van der Waals surface area contributed by atoms with E-state index in [1.54, 1.807) is 21.9 Å². The van der Waals surface area contributed by atoms with E-state index >= 15 is 0 Å². The molecule has 9 heteroatoms. The Bertz CT molecular complexity index is 1140. The van der Waals surface area contributed by atoms with Crippen molar-refractivity contribution in [2.75, 3.05) is 31.5 Å². The molecule has 154 valence electrons. The van der Waals surface area contributed by atoms with E-state index in [4.69, 9.17) is 0 Å². The zero-order valence-corrected chi connectivity index (χ0v) is 17.7. The van der Waals surface area contributed by atoms with Crippen molar-refractivity contribution in [1.29, 1.82) is 0 Å². The van der Waals surface area contributed by atoms with E-state index in [-0.39, 0.29) is 24.0 Å². The Morgan fingerprint density at radius 2 is 1.70 bits per heavy atom. The van der Waals surface area contributed by atoms with Crippen LogP contribution in [0.1, 0.15) is 0 Å². The fourth-order valence-electron chi connectivity index (χ4n) is 3.37. The smallest absolute Gasteiger partial charge is 0.321 e. The molecule has 1 fully saturated rings. The minimum atomic E-state index is -0.254. The van der Waals surface area contributed by atoms with Crippen LogP contribution >= 0.6 is 15.9 Å². The minimum absolute atomic E-state index is 0.0789. The molecule has 1 aromatic heterocycles. The molecule has 0 spiro atoms. The summed E-state index contributed by atoms with van der Waals surface area (Å²) in [6.07, 6.45) is 1.40. The van der Waals surface area contributed by atoms with Gasteiger partial charge in [-0.1, -0.05) is 34.1 Å². The number of rotatable bonds is 3. The van der Waals surface area contributed by atoms with E-state index in [9.17, 15) is 14.4 Å². The summed E-state index contributed by atoms with van der Waals surface area (Å²) in [4.78, 5) is 45.4. The van der Waals surface area contributed by atoms with Crippen LogP contribution in [0.25, 0.3) is 10.9 Å². The van der Waals surface area contributed by atoms with Gasteiger partial charge in [-0.2, -0.15) is 0 Å². The second-order valence-electron chi connectivity index (χ2n) is 7.00. The molecule has 0 atom stereocenters. The first kappa shape index (κ1) is 20.1. The molecule has 2 heterocycles. The van der Waals surface area contributed by atoms with Gasteiger partial charge in [0.2, 0.25) is 5.91 Å². The standard InChI is InChI=1S/C21H20BrN5O3/c22-15-6-7-18-17(12-15)20(29)27(14-23-18)13-19(28)25-8-10-26(11-9-25)21(30)24-16-4-2-1-3-5-16/h1-7,12,14H,8-11,13H2,(H,24,30). The molecule has 1 N–H and O–H groups in total. The zero-order valence-electron chi connectivity index (χ0n) is 16.1. The molecule has 1 aliphatic rings. The Kier molecular flexibility index (Phi) is 5.80. The lowest BCUT2D eigenvalue weighted by Crippen LogP contribution is -2.52. The number of halogens is 1. The number of nitrogens with zero attached hydrogens (tertiary/aromatic N) is 4. The van der Waals surface area contributed by atoms with Crippen molar-refractivity contribution < 1.29 is 9.59 Å². The highest BCUT2D eigenvalue weighted by Gasteiger charge is 2.24. The van der Waals surface area contributed by atoms with Gasteiger partial charge >= 0.3 is 6.03 Å². The number of anilines is 1. The summed E-state index contributed by atoms with van der Waals surface area (Å²) in [6.45, 7) is 1.62. The highest BCUT2D eigenvalue weighted by Crippen LogP contribution is 2.15. The highest BCUT2D eigenvalue weighted by atomic mass is 79.9. The minimum Gasteiger partial charge on any atom is -0.338 e. The van der Waals surface area contributed by atoms with E-state index in [0.29, 0.717) is 37.1 Å². The van der Waals surface area contributed by atoms with E-state index in [0.717, 1.165) is 10.2 Å². The zero-order chi connectivity index (χ0) is 21.1. The Morgan fingerprint density at radius 3 is 2.43 bits per heavy atom. The van der Waals surface area contributed by atoms with Crippen LogP contribution in [0.5, 0.6) is 0 Å². The van der Waals surface area contributed by atoms with Crippen molar-refractivity contribution in [3.05, 3.63) is 69.7 Å². The van der Waals surface area contributed by atoms with Gasteiger partial charge in [0.1, 0.15) is 6.54 Å². The average Bonchev–Trinajstić information content (AvgIpc) is 2.77. The molecule has 0 saturated carbocycles. The molecule has 3 aromatic rings. The maximum absolute atomic E-state index is 12.7. The summed E-state index contributed by atoms with van der Waals surface area (Å²) in [7, 11) is 0. The maximum Gasteiger partial charge on any atom is 0.321 e. The summed E-state index contributed by atoms with van der Waals surface area (Å²) >= 11 is 3.35. The van der Waals surface area contributed by atoms with E-state index in [2.05, 4.69) is 26.2 Å². The lowest BCUT2D eigenvalue weighted by molar-refractivity contribution is -0.133. The number of hydrogen-bond acceptors (Lipinski definition) is 4. The third-order valence-electron chi connectivity index (χ3n) is 5.04. The molecule has 0 unspecified atom stereocenters. The molecule has 0 bridgehead atoms. The molecule has 3 amide bonds. The second-order valence-corrected chi connectivity index (χ2v) is 7.92.